The summed E-state index contributed by atoms with van der Waals surface area (Å²) in [6, 6.07) is 4.71. The molecule has 2 N–H and O–H groups in total. The highest BCUT2D eigenvalue weighted by Crippen LogP contribution is 2.36. The Morgan fingerprint density at radius 3 is 2.79 bits per heavy atom. The van der Waals surface area contributed by atoms with Crippen LogP contribution >= 0.6 is 11.3 Å². The first kappa shape index (κ1) is 9.02. The molecular formula is C10H8O3S. The molecule has 0 spiro atoms. The van der Waals surface area contributed by atoms with E-state index >= 15 is 0 Å². The fraction of sp³-hybridized carbons (Fsp3) is 0.100. The largest absolute Gasteiger partial charge is 0.506 e. The summed E-state index contributed by atoms with van der Waals surface area (Å²) in [4.78, 5) is 11.5. The molecule has 72 valence electrons. The van der Waals surface area contributed by atoms with Gasteiger partial charge in [0.25, 0.3) is 0 Å². The molecule has 2 aromatic rings. The van der Waals surface area contributed by atoms with Crippen LogP contribution in [-0.2, 0) is 0 Å². The van der Waals surface area contributed by atoms with E-state index in [4.69, 9.17) is 5.11 Å². The molecule has 14 heavy (non-hydrogen) atoms. The topological polar surface area (TPSA) is 57.5 Å². The van der Waals surface area contributed by atoms with Crippen molar-refractivity contribution in [2.75, 3.05) is 0 Å². The Labute approximate surface area is 84.2 Å². The lowest BCUT2D eigenvalue weighted by Crippen LogP contribution is -1.94. The zero-order valence-corrected chi connectivity index (χ0v) is 8.26. The lowest BCUT2D eigenvalue weighted by molar-refractivity contribution is 0.0697. The highest BCUT2D eigenvalue weighted by molar-refractivity contribution is 7.19. The van der Waals surface area contributed by atoms with Crippen molar-refractivity contribution in [1.82, 2.24) is 0 Å². The SMILES string of the molecule is Cc1sc2cc(C(=O)O)ccc2c1O. The molecule has 2 rings (SSSR count). The minimum atomic E-state index is -0.947. The predicted molar refractivity (Wildman–Crippen MR) is 55.2 cm³/mol. The minimum Gasteiger partial charge on any atom is -0.506 e. The molecule has 0 atom stereocenters. The average molecular weight is 208 g/mol. The van der Waals surface area contributed by atoms with Crippen molar-refractivity contribution in [3.05, 3.63) is 28.6 Å². The number of aryl methyl sites for hydroxylation is 1. The molecule has 0 radical (unpaired) electrons. The van der Waals surface area contributed by atoms with Gasteiger partial charge in [-0.15, -0.1) is 11.3 Å². The Morgan fingerprint density at radius 2 is 2.14 bits per heavy atom. The molecule has 1 aromatic carbocycles. The molecule has 0 aliphatic carbocycles. The van der Waals surface area contributed by atoms with Gasteiger partial charge in [-0.05, 0) is 25.1 Å². The van der Waals surface area contributed by atoms with Crippen molar-refractivity contribution in [3.63, 3.8) is 0 Å². The zero-order chi connectivity index (χ0) is 10.3. The molecule has 0 bridgehead atoms. The quantitative estimate of drug-likeness (QED) is 0.757. The molecule has 4 heteroatoms. The number of fused-ring (bicyclic) bond motifs is 1. The van der Waals surface area contributed by atoms with Crippen LogP contribution in [0.4, 0.5) is 0 Å². The third-order valence-electron chi connectivity index (χ3n) is 2.08. The van der Waals surface area contributed by atoms with E-state index < -0.39 is 5.97 Å². The van der Waals surface area contributed by atoms with Crippen LogP contribution in [-0.4, -0.2) is 16.2 Å². The summed E-state index contributed by atoms with van der Waals surface area (Å²) >= 11 is 1.40. The first-order valence-corrected chi connectivity index (χ1v) is 4.86. The predicted octanol–water partition coefficient (Wildman–Crippen LogP) is 2.61. The number of benzene rings is 1. The number of carbonyl (C=O) groups is 1. The van der Waals surface area contributed by atoms with Crippen molar-refractivity contribution < 1.29 is 15.0 Å². The van der Waals surface area contributed by atoms with E-state index in [9.17, 15) is 9.90 Å². The summed E-state index contributed by atoms with van der Waals surface area (Å²) in [5, 5.41) is 19.1. The molecule has 0 saturated heterocycles. The van der Waals surface area contributed by atoms with Crippen LogP contribution in [0, 0.1) is 6.92 Å². The number of aromatic hydroxyl groups is 1. The second-order valence-electron chi connectivity index (χ2n) is 3.02. The summed E-state index contributed by atoms with van der Waals surface area (Å²) in [5.74, 6) is -0.695. The Hall–Kier alpha value is -1.55. The number of carboxylic acids is 1. The van der Waals surface area contributed by atoms with E-state index in [-0.39, 0.29) is 11.3 Å². The van der Waals surface area contributed by atoms with Gasteiger partial charge in [-0.2, -0.15) is 0 Å². The van der Waals surface area contributed by atoms with Crippen LogP contribution in [0.25, 0.3) is 10.1 Å². The van der Waals surface area contributed by atoms with Crippen molar-refractivity contribution in [2.24, 2.45) is 0 Å². The summed E-state index contributed by atoms with van der Waals surface area (Å²) in [5.41, 5.74) is 0.249. The summed E-state index contributed by atoms with van der Waals surface area (Å²) in [6.07, 6.45) is 0. The van der Waals surface area contributed by atoms with Crippen molar-refractivity contribution in [2.45, 2.75) is 6.92 Å². The van der Waals surface area contributed by atoms with Gasteiger partial charge in [0.05, 0.1) is 5.56 Å². The van der Waals surface area contributed by atoms with Crippen LogP contribution in [0.5, 0.6) is 5.75 Å². The number of carboxylic acid groups (broad SMARTS) is 1. The first-order valence-electron chi connectivity index (χ1n) is 4.05. The summed E-state index contributed by atoms with van der Waals surface area (Å²) in [7, 11) is 0. The third-order valence-corrected chi connectivity index (χ3v) is 3.14. The monoisotopic (exact) mass is 208 g/mol. The van der Waals surface area contributed by atoms with Crippen molar-refractivity contribution >= 4 is 27.4 Å². The molecule has 0 saturated carbocycles. The molecular weight excluding hydrogens is 200 g/mol. The molecule has 1 aromatic heterocycles. The molecule has 0 aliphatic heterocycles. The second-order valence-corrected chi connectivity index (χ2v) is 4.28. The van der Waals surface area contributed by atoms with Crippen molar-refractivity contribution in [1.29, 1.82) is 0 Å². The van der Waals surface area contributed by atoms with Crippen LogP contribution in [0.1, 0.15) is 15.2 Å². The molecule has 0 unspecified atom stereocenters. The fourth-order valence-electron chi connectivity index (χ4n) is 1.34. The van der Waals surface area contributed by atoms with Crippen molar-refractivity contribution in [3.8, 4) is 5.75 Å². The first-order chi connectivity index (χ1) is 6.59. The highest BCUT2D eigenvalue weighted by atomic mass is 32.1. The lowest BCUT2D eigenvalue weighted by Gasteiger charge is -1.94. The van der Waals surface area contributed by atoms with Gasteiger partial charge in [0.2, 0.25) is 0 Å². The molecule has 0 fully saturated rings. The standard InChI is InChI=1S/C10H8O3S/c1-5-9(11)7-3-2-6(10(12)13)4-8(7)14-5/h2-4,11H,1H3,(H,12,13). The van der Waals surface area contributed by atoms with Gasteiger partial charge in [-0.1, -0.05) is 0 Å². The van der Waals surface area contributed by atoms with Crippen LogP contribution in [0.15, 0.2) is 18.2 Å². The maximum atomic E-state index is 10.7. The van der Waals surface area contributed by atoms with Gasteiger partial charge in [-0.25, -0.2) is 4.79 Å². The maximum absolute atomic E-state index is 10.7. The van der Waals surface area contributed by atoms with E-state index in [0.717, 1.165) is 15.0 Å². The minimum absolute atomic E-state index is 0.249. The zero-order valence-electron chi connectivity index (χ0n) is 7.44. The number of thiophene rings is 1. The Morgan fingerprint density at radius 1 is 1.43 bits per heavy atom. The Balaban J connectivity index is 2.73. The lowest BCUT2D eigenvalue weighted by atomic mass is 10.1. The maximum Gasteiger partial charge on any atom is 0.335 e. The van der Waals surface area contributed by atoms with Crippen LogP contribution < -0.4 is 0 Å². The smallest absolute Gasteiger partial charge is 0.335 e. The summed E-state index contributed by atoms with van der Waals surface area (Å²) in [6.45, 7) is 1.81. The van der Waals surface area contributed by atoms with Gasteiger partial charge in [-0.3, -0.25) is 0 Å². The van der Waals surface area contributed by atoms with Gasteiger partial charge in [0.1, 0.15) is 5.75 Å². The third kappa shape index (κ3) is 1.24. The van der Waals surface area contributed by atoms with E-state index in [0.29, 0.717) is 0 Å². The van der Waals surface area contributed by atoms with E-state index in [1.807, 2.05) is 0 Å². The number of hydrogen-bond acceptors (Lipinski definition) is 3. The van der Waals surface area contributed by atoms with Gasteiger partial charge >= 0.3 is 5.97 Å². The Kier molecular flexibility index (Phi) is 1.93. The normalized spacial score (nSPS) is 10.6. The molecule has 3 nitrogen and oxygen atoms in total. The van der Waals surface area contributed by atoms with Gasteiger partial charge in [0, 0.05) is 15.0 Å². The van der Waals surface area contributed by atoms with E-state index in [1.165, 1.54) is 17.4 Å². The number of aromatic carboxylic acids is 1. The average Bonchev–Trinajstić information content (AvgIpc) is 2.42. The van der Waals surface area contributed by atoms with E-state index in [2.05, 4.69) is 0 Å². The Bertz CT molecular complexity index is 513. The summed E-state index contributed by atoms with van der Waals surface area (Å²) < 4.78 is 0.805. The molecule has 0 amide bonds. The van der Waals surface area contributed by atoms with Gasteiger partial charge < -0.3 is 10.2 Å². The second kappa shape index (κ2) is 2.99. The van der Waals surface area contributed by atoms with Crippen LogP contribution in [0.3, 0.4) is 0 Å². The van der Waals surface area contributed by atoms with E-state index in [1.54, 1.807) is 19.1 Å². The molecule has 0 aliphatic rings. The number of hydrogen-bond donors (Lipinski definition) is 2. The number of rotatable bonds is 1. The van der Waals surface area contributed by atoms with Gasteiger partial charge in [0.15, 0.2) is 0 Å². The highest BCUT2D eigenvalue weighted by Gasteiger charge is 2.10. The molecule has 1 heterocycles. The fourth-order valence-corrected chi connectivity index (χ4v) is 2.34. The van der Waals surface area contributed by atoms with Crippen LogP contribution in [0.2, 0.25) is 0 Å².